The van der Waals surface area contributed by atoms with Crippen LogP contribution in [0.15, 0.2) is 30.3 Å². The molecule has 0 spiro atoms. The van der Waals surface area contributed by atoms with E-state index in [1.165, 1.54) is 19.1 Å². The van der Waals surface area contributed by atoms with Crippen LogP contribution in [0.1, 0.15) is 49.3 Å². The van der Waals surface area contributed by atoms with E-state index in [1.807, 2.05) is 30.0 Å². The van der Waals surface area contributed by atoms with Gasteiger partial charge in [-0.05, 0) is 37.0 Å². The molecule has 0 radical (unpaired) electrons. The van der Waals surface area contributed by atoms with Gasteiger partial charge >= 0.3 is 0 Å². The average molecular weight is 428 g/mol. The zero-order valence-corrected chi connectivity index (χ0v) is 18.6. The number of rotatable bonds is 6. The molecule has 1 aromatic heterocycles. The highest BCUT2D eigenvalue weighted by molar-refractivity contribution is 5.79. The Balaban J connectivity index is 1.88. The zero-order valence-electron chi connectivity index (χ0n) is 18.6. The van der Waals surface area contributed by atoms with Crippen molar-refractivity contribution < 1.29 is 14.0 Å². The first-order chi connectivity index (χ1) is 14.7. The number of nitrogens with zero attached hydrogens (tertiary/aromatic N) is 5. The van der Waals surface area contributed by atoms with Crippen molar-refractivity contribution in [3.8, 4) is 0 Å². The van der Waals surface area contributed by atoms with Crippen LogP contribution in [-0.4, -0.2) is 59.3 Å². The largest absolute Gasteiger partial charge is 0.363 e. The number of carbonyl (C=O) groups is 2. The third-order valence-corrected chi connectivity index (χ3v) is 5.57. The van der Waals surface area contributed by atoms with E-state index >= 15 is 0 Å². The van der Waals surface area contributed by atoms with Crippen molar-refractivity contribution in [3.63, 3.8) is 0 Å². The lowest BCUT2D eigenvalue weighted by Crippen LogP contribution is -2.40. The predicted molar refractivity (Wildman–Crippen MR) is 117 cm³/mol. The standard InChI is InChI=1S/C23H30FN5O2/c1-16(30)28(4)15-19-14-21(27(2)3)26-23(25-19)20-7-5-6-12-29(20)22(31)13-17-8-10-18(24)11-9-17/h8-11,14,20H,5-7,12-13,15H2,1-4H3/t20-/m0/s1. The van der Waals surface area contributed by atoms with Gasteiger partial charge in [-0.3, -0.25) is 9.59 Å². The normalized spacial score (nSPS) is 16.2. The zero-order chi connectivity index (χ0) is 22.5. The number of anilines is 1. The molecule has 0 N–H and O–H groups in total. The molecule has 8 heteroatoms. The smallest absolute Gasteiger partial charge is 0.227 e. The van der Waals surface area contributed by atoms with Gasteiger partial charge in [-0.25, -0.2) is 14.4 Å². The highest BCUT2D eigenvalue weighted by Gasteiger charge is 2.30. The van der Waals surface area contributed by atoms with E-state index in [0.29, 0.717) is 18.9 Å². The van der Waals surface area contributed by atoms with Gasteiger partial charge in [0, 0.05) is 40.7 Å². The maximum Gasteiger partial charge on any atom is 0.227 e. The average Bonchev–Trinajstić information content (AvgIpc) is 2.75. The fraction of sp³-hybridized carbons (Fsp3) is 0.478. The van der Waals surface area contributed by atoms with Crippen molar-refractivity contribution in [2.45, 2.75) is 45.2 Å². The van der Waals surface area contributed by atoms with Crippen molar-refractivity contribution in [2.75, 3.05) is 32.6 Å². The summed E-state index contributed by atoms with van der Waals surface area (Å²) in [4.78, 5) is 39.6. The molecule has 2 amide bonds. The van der Waals surface area contributed by atoms with Crippen LogP contribution in [0, 0.1) is 5.82 Å². The van der Waals surface area contributed by atoms with Crippen molar-refractivity contribution >= 4 is 17.6 Å². The minimum absolute atomic E-state index is 0.0161. The molecule has 1 aliphatic heterocycles. The van der Waals surface area contributed by atoms with Crippen LogP contribution < -0.4 is 4.90 Å². The van der Waals surface area contributed by atoms with Crippen molar-refractivity contribution in [1.29, 1.82) is 0 Å². The molecule has 1 fully saturated rings. The molecular weight excluding hydrogens is 397 g/mol. The number of aromatic nitrogens is 2. The molecule has 2 aromatic rings. The van der Waals surface area contributed by atoms with Crippen LogP contribution in [0.2, 0.25) is 0 Å². The fourth-order valence-corrected chi connectivity index (χ4v) is 3.69. The van der Waals surface area contributed by atoms with E-state index in [4.69, 9.17) is 9.97 Å². The van der Waals surface area contributed by atoms with Crippen molar-refractivity contribution in [3.05, 3.63) is 53.2 Å². The molecule has 0 saturated carbocycles. The highest BCUT2D eigenvalue weighted by Crippen LogP contribution is 2.31. The van der Waals surface area contributed by atoms with E-state index in [-0.39, 0.29) is 30.1 Å². The highest BCUT2D eigenvalue weighted by atomic mass is 19.1. The van der Waals surface area contributed by atoms with Gasteiger partial charge in [0.15, 0.2) is 5.82 Å². The summed E-state index contributed by atoms with van der Waals surface area (Å²) in [5.41, 5.74) is 1.52. The van der Waals surface area contributed by atoms with Crippen molar-refractivity contribution in [1.82, 2.24) is 19.8 Å². The molecule has 0 unspecified atom stereocenters. The molecule has 31 heavy (non-hydrogen) atoms. The van der Waals surface area contributed by atoms with Gasteiger partial charge in [0.25, 0.3) is 0 Å². The second-order valence-corrected chi connectivity index (χ2v) is 8.25. The number of hydrogen-bond acceptors (Lipinski definition) is 5. The number of piperidine rings is 1. The molecule has 0 aliphatic carbocycles. The third-order valence-electron chi connectivity index (χ3n) is 5.57. The Hall–Kier alpha value is -3.03. The van der Waals surface area contributed by atoms with Crippen LogP contribution in [0.4, 0.5) is 10.2 Å². The predicted octanol–water partition coefficient (Wildman–Crippen LogP) is 2.96. The summed E-state index contributed by atoms with van der Waals surface area (Å²) in [6.07, 6.45) is 2.92. The first kappa shape index (κ1) is 22.7. The lowest BCUT2D eigenvalue weighted by Gasteiger charge is -2.35. The van der Waals surface area contributed by atoms with Gasteiger partial charge in [-0.2, -0.15) is 0 Å². The molecule has 1 atom stereocenters. The second kappa shape index (κ2) is 9.85. The minimum Gasteiger partial charge on any atom is -0.363 e. The van der Waals surface area contributed by atoms with E-state index in [1.54, 1.807) is 24.1 Å². The van der Waals surface area contributed by atoms with E-state index in [0.717, 1.165) is 36.3 Å². The van der Waals surface area contributed by atoms with Crippen LogP contribution in [-0.2, 0) is 22.6 Å². The molecular formula is C23H30FN5O2. The first-order valence-corrected chi connectivity index (χ1v) is 10.6. The van der Waals surface area contributed by atoms with E-state index < -0.39 is 0 Å². The SMILES string of the molecule is CC(=O)N(C)Cc1cc(N(C)C)nc([C@@H]2CCCCN2C(=O)Cc2ccc(F)cc2)n1. The summed E-state index contributed by atoms with van der Waals surface area (Å²) in [7, 11) is 5.55. The van der Waals surface area contributed by atoms with Crippen LogP contribution in [0.25, 0.3) is 0 Å². The second-order valence-electron chi connectivity index (χ2n) is 8.25. The summed E-state index contributed by atoms with van der Waals surface area (Å²) < 4.78 is 13.2. The summed E-state index contributed by atoms with van der Waals surface area (Å²) in [6.45, 7) is 2.54. The molecule has 2 heterocycles. The maximum absolute atomic E-state index is 13.2. The molecule has 1 aliphatic rings. The molecule has 1 aromatic carbocycles. The monoisotopic (exact) mass is 427 g/mol. The summed E-state index contributed by atoms with van der Waals surface area (Å²) in [6, 6.07) is 7.69. The number of amides is 2. The Morgan fingerprint density at radius 3 is 2.48 bits per heavy atom. The molecule has 1 saturated heterocycles. The number of hydrogen-bond donors (Lipinski definition) is 0. The summed E-state index contributed by atoms with van der Waals surface area (Å²) >= 11 is 0. The molecule has 3 rings (SSSR count). The lowest BCUT2D eigenvalue weighted by atomic mass is 9.99. The van der Waals surface area contributed by atoms with Crippen molar-refractivity contribution in [2.24, 2.45) is 0 Å². The summed E-state index contributed by atoms with van der Waals surface area (Å²) in [5.74, 6) is 0.973. The third kappa shape index (κ3) is 5.77. The first-order valence-electron chi connectivity index (χ1n) is 10.6. The number of likely N-dealkylation sites (tertiary alicyclic amines) is 1. The van der Waals surface area contributed by atoms with Gasteiger partial charge in [0.05, 0.1) is 24.7 Å². The Bertz CT molecular complexity index is 932. The molecule has 7 nitrogen and oxygen atoms in total. The van der Waals surface area contributed by atoms with Gasteiger partial charge in [-0.15, -0.1) is 0 Å². The minimum atomic E-state index is -0.316. The Kier molecular flexibility index (Phi) is 7.20. The Morgan fingerprint density at radius 1 is 1.13 bits per heavy atom. The van der Waals surface area contributed by atoms with Crippen LogP contribution in [0.3, 0.4) is 0 Å². The van der Waals surface area contributed by atoms with Gasteiger partial charge in [0.2, 0.25) is 11.8 Å². The summed E-state index contributed by atoms with van der Waals surface area (Å²) in [5, 5.41) is 0. The molecule has 166 valence electrons. The topological polar surface area (TPSA) is 69.6 Å². The van der Waals surface area contributed by atoms with E-state index in [2.05, 4.69) is 0 Å². The fourth-order valence-electron chi connectivity index (χ4n) is 3.69. The number of carbonyl (C=O) groups excluding carboxylic acids is 2. The maximum atomic E-state index is 13.2. The quantitative estimate of drug-likeness (QED) is 0.709. The van der Waals surface area contributed by atoms with Gasteiger partial charge < -0.3 is 14.7 Å². The van der Waals surface area contributed by atoms with E-state index in [9.17, 15) is 14.0 Å². The number of halogens is 1. The Morgan fingerprint density at radius 2 is 1.84 bits per heavy atom. The lowest BCUT2D eigenvalue weighted by molar-refractivity contribution is -0.134. The van der Waals surface area contributed by atoms with Crippen LogP contribution in [0.5, 0.6) is 0 Å². The Labute approximate surface area is 182 Å². The van der Waals surface area contributed by atoms with Gasteiger partial charge in [-0.1, -0.05) is 12.1 Å². The number of benzene rings is 1. The van der Waals surface area contributed by atoms with Gasteiger partial charge in [0.1, 0.15) is 11.6 Å². The van der Waals surface area contributed by atoms with Crippen LogP contribution >= 0.6 is 0 Å². The molecule has 0 bridgehead atoms.